The number of esters is 1. The monoisotopic (exact) mass is 326 g/mol. The van der Waals surface area contributed by atoms with Gasteiger partial charge >= 0.3 is 5.97 Å². The summed E-state index contributed by atoms with van der Waals surface area (Å²) in [6.07, 6.45) is 1.23. The number of carbonyl (C=O) groups excluding carboxylic acids is 1. The molecule has 1 fully saturated rings. The summed E-state index contributed by atoms with van der Waals surface area (Å²) in [5.74, 6) is -0.158. The van der Waals surface area contributed by atoms with Crippen molar-refractivity contribution in [2.24, 2.45) is 0 Å². The van der Waals surface area contributed by atoms with Crippen molar-refractivity contribution in [2.45, 2.75) is 96.4 Å². The van der Waals surface area contributed by atoms with E-state index in [-0.39, 0.29) is 23.8 Å². The summed E-state index contributed by atoms with van der Waals surface area (Å²) in [5.41, 5.74) is 0.698. The van der Waals surface area contributed by atoms with Crippen LogP contribution in [0.4, 0.5) is 0 Å². The van der Waals surface area contributed by atoms with Crippen LogP contribution in [-0.4, -0.2) is 31.9 Å². The van der Waals surface area contributed by atoms with E-state index < -0.39 is 8.07 Å². The predicted molar refractivity (Wildman–Crippen MR) is 94.9 cm³/mol. The van der Waals surface area contributed by atoms with Gasteiger partial charge in [-0.2, -0.15) is 0 Å². The highest BCUT2D eigenvalue weighted by atomic mass is 28.3. The first kappa shape index (κ1) is 19.4. The van der Waals surface area contributed by atoms with Gasteiger partial charge in [0.2, 0.25) is 0 Å². The lowest BCUT2D eigenvalue weighted by Crippen LogP contribution is -2.40. The smallest absolute Gasteiger partial charge is 0.306 e. The molecule has 0 aromatic carbocycles. The number of rotatable bonds is 10. The van der Waals surface area contributed by atoms with Crippen molar-refractivity contribution in [1.82, 2.24) is 0 Å². The van der Waals surface area contributed by atoms with E-state index in [4.69, 9.17) is 9.47 Å². The van der Waals surface area contributed by atoms with Crippen molar-refractivity contribution in [2.75, 3.05) is 0 Å². The van der Waals surface area contributed by atoms with E-state index in [1.165, 1.54) is 18.1 Å². The molecular weight excluding hydrogens is 292 g/mol. The predicted octanol–water partition coefficient (Wildman–Crippen LogP) is 4.94. The Balaban J connectivity index is 2.92. The first-order chi connectivity index (χ1) is 10.3. The van der Waals surface area contributed by atoms with E-state index in [1.54, 1.807) is 0 Å². The maximum absolute atomic E-state index is 11.9. The summed E-state index contributed by atoms with van der Waals surface area (Å²) in [6.45, 7) is 17.2. The average Bonchev–Trinajstić information content (AvgIpc) is 3.21. The first-order valence-corrected chi connectivity index (χ1v) is 11.7. The molecule has 0 unspecified atom stereocenters. The van der Waals surface area contributed by atoms with Crippen LogP contribution in [0, 0.1) is 0 Å². The number of hydrogen-bond donors (Lipinski definition) is 0. The van der Waals surface area contributed by atoms with Crippen LogP contribution in [-0.2, 0) is 14.3 Å². The molecule has 0 spiro atoms. The molecule has 3 atom stereocenters. The Morgan fingerprint density at radius 1 is 1.23 bits per heavy atom. The lowest BCUT2D eigenvalue weighted by atomic mass is 9.94. The Bertz CT molecular complexity index is 395. The standard InChI is InChI=1S/C18H34O3Si/c1-8-15-18(7,21-15)17(20-16(19)9-2)14(6)13-22(10-3,11-4)12-5/h15,17H,6,8-13H2,1-5,7H3/t15-,17+,18+/m1/s1. The zero-order chi connectivity index (χ0) is 17.0. The van der Waals surface area contributed by atoms with Crippen LogP contribution < -0.4 is 0 Å². The van der Waals surface area contributed by atoms with E-state index in [0.29, 0.717) is 6.42 Å². The third-order valence-corrected chi connectivity index (χ3v) is 11.3. The molecule has 0 aromatic rings. The summed E-state index contributed by atoms with van der Waals surface area (Å²) in [4.78, 5) is 11.9. The van der Waals surface area contributed by atoms with Crippen LogP contribution in [0.15, 0.2) is 12.2 Å². The Morgan fingerprint density at radius 2 is 1.77 bits per heavy atom. The topological polar surface area (TPSA) is 38.8 Å². The second-order valence-electron chi connectivity index (χ2n) is 6.82. The fourth-order valence-electron chi connectivity index (χ4n) is 3.51. The van der Waals surface area contributed by atoms with Crippen LogP contribution in [0.2, 0.25) is 24.2 Å². The van der Waals surface area contributed by atoms with E-state index in [1.807, 2.05) is 6.92 Å². The maximum Gasteiger partial charge on any atom is 0.306 e. The highest BCUT2D eigenvalue weighted by Crippen LogP contribution is 2.46. The molecule has 1 heterocycles. The molecule has 0 aliphatic carbocycles. The summed E-state index contributed by atoms with van der Waals surface area (Å²) >= 11 is 0. The molecule has 3 nitrogen and oxygen atoms in total. The number of hydrogen-bond acceptors (Lipinski definition) is 3. The third-order valence-electron chi connectivity index (χ3n) is 5.63. The fourth-order valence-corrected chi connectivity index (χ4v) is 6.91. The fraction of sp³-hybridized carbons (Fsp3) is 0.833. The Kier molecular flexibility index (Phi) is 6.87. The van der Waals surface area contributed by atoms with Gasteiger partial charge in [0.25, 0.3) is 0 Å². The SMILES string of the molecule is C=C(C[Si](CC)(CC)CC)[C@H](OC(=O)CC)[C@@]1(C)O[C@@H]1CC. The second-order valence-corrected chi connectivity index (χ2v) is 12.3. The third kappa shape index (κ3) is 4.02. The Labute approximate surface area is 137 Å². The quantitative estimate of drug-likeness (QED) is 0.247. The van der Waals surface area contributed by atoms with E-state index in [2.05, 4.69) is 41.2 Å². The molecule has 1 aliphatic heterocycles. The number of epoxide rings is 1. The molecule has 0 radical (unpaired) electrons. The van der Waals surface area contributed by atoms with Crippen molar-refractivity contribution >= 4 is 14.0 Å². The number of ether oxygens (including phenoxy) is 2. The molecule has 0 amide bonds. The molecule has 1 rings (SSSR count). The van der Waals surface area contributed by atoms with Gasteiger partial charge in [-0.25, -0.2) is 0 Å². The lowest BCUT2D eigenvalue weighted by molar-refractivity contribution is -0.149. The second kappa shape index (κ2) is 7.78. The van der Waals surface area contributed by atoms with Crippen molar-refractivity contribution < 1.29 is 14.3 Å². The Hall–Kier alpha value is -0.613. The van der Waals surface area contributed by atoms with E-state index >= 15 is 0 Å². The average molecular weight is 327 g/mol. The zero-order valence-corrected chi connectivity index (χ0v) is 16.3. The van der Waals surface area contributed by atoms with Gasteiger partial charge in [0.05, 0.1) is 14.2 Å². The van der Waals surface area contributed by atoms with Crippen molar-refractivity contribution in [3.05, 3.63) is 12.2 Å². The van der Waals surface area contributed by atoms with Gasteiger partial charge < -0.3 is 9.47 Å². The van der Waals surface area contributed by atoms with Gasteiger partial charge in [-0.15, -0.1) is 0 Å². The summed E-state index contributed by atoms with van der Waals surface area (Å²) in [5, 5.41) is 0. The minimum Gasteiger partial charge on any atom is -0.455 e. The molecule has 0 bridgehead atoms. The summed E-state index contributed by atoms with van der Waals surface area (Å²) < 4.78 is 11.6. The van der Waals surface area contributed by atoms with Gasteiger partial charge in [0.15, 0.2) is 6.10 Å². The van der Waals surface area contributed by atoms with Gasteiger partial charge in [0, 0.05) is 6.42 Å². The Morgan fingerprint density at radius 3 is 2.14 bits per heavy atom. The van der Waals surface area contributed by atoms with E-state index in [9.17, 15) is 4.79 Å². The molecular formula is C18H34O3Si. The van der Waals surface area contributed by atoms with Crippen molar-refractivity contribution in [3.8, 4) is 0 Å². The molecule has 22 heavy (non-hydrogen) atoms. The van der Waals surface area contributed by atoms with Gasteiger partial charge in [0.1, 0.15) is 5.60 Å². The molecule has 128 valence electrons. The van der Waals surface area contributed by atoms with Gasteiger partial charge in [-0.1, -0.05) is 59.3 Å². The summed E-state index contributed by atoms with van der Waals surface area (Å²) in [6, 6.07) is 4.79. The van der Waals surface area contributed by atoms with Crippen molar-refractivity contribution in [1.29, 1.82) is 0 Å². The van der Waals surface area contributed by atoms with Gasteiger partial charge in [-0.3, -0.25) is 4.79 Å². The molecule has 0 saturated carbocycles. The van der Waals surface area contributed by atoms with Crippen LogP contribution in [0.1, 0.15) is 54.4 Å². The van der Waals surface area contributed by atoms with Crippen LogP contribution in [0.25, 0.3) is 0 Å². The van der Waals surface area contributed by atoms with Crippen LogP contribution >= 0.6 is 0 Å². The maximum atomic E-state index is 11.9. The molecule has 0 aromatic heterocycles. The highest BCUT2D eigenvalue weighted by Gasteiger charge is 2.59. The van der Waals surface area contributed by atoms with Gasteiger partial charge in [-0.05, 0) is 25.0 Å². The minimum atomic E-state index is -1.33. The highest BCUT2D eigenvalue weighted by molar-refractivity contribution is 6.80. The molecule has 1 saturated heterocycles. The zero-order valence-electron chi connectivity index (χ0n) is 15.3. The van der Waals surface area contributed by atoms with Crippen molar-refractivity contribution in [3.63, 3.8) is 0 Å². The normalized spacial score (nSPS) is 25.6. The minimum absolute atomic E-state index is 0.158. The molecule has 1 aliphatic rings. The van der Waals surface area contributed by atoms with Crippen LogP contribution in [0.3, 0.4) is 0 Å². The van der Waals surface area contributed by atoms with E-state index in [0.717, 1.165) is 18.0 Å². The largest absolute Gasteiger partial charge is 0.455 e. The first-order valence-electron chi connectivity index (χ1n) is 8.87. The number of carbonyl (C=O) groups is 1. The lowest BCUT2D eigenvalue weighted by Gasteiger charge is -2.33. The summed E-state index contributed by atoms with van der Waals surface area (Å²) in [7, 11) is -1.33. The molecule has 0 N–H and O–H groups in total. The molecule has 4 heteroatoms. The van der Waals surface area contributed by atoms with Crippen LogP contribution in [0.5, 0.6) is 0 Å².